The Balaban J connectivity index is 1.44. The SMILES string of the molecule is O=C1C[C@H](Cc2ccc(-n3cnnc3)nc2)CN1c1ccccc1. The van der Waals surface area contributed by atoms with Crippen LogP contribution in [0.15, 0.2) is 61.3 Å². The predicted octanol–water partition coefficient (Wildman–Crippen LogP) is 2.26. The quantitative estimate of drug-likeness (QED) is 0.740. The summed E-state index contributed by atoms with van der Waals surface area (Å²) in [6.07, 6.45) is 6.54. The smallest absolute Gasteiger partial charge is 0.227 e. The molecule has 6 nitrogen and oxygen atoms in total. The van der Waals surface area contributed by atoms with Gasteiger partial charge in [0, 0.05) is 24.8 Å². The highest BCUT2D eigenvalue weighted by Crippen LogP contribution is 2.27. The Hall–Kier alpha value is -3.02. The highest BCUT2D eigenvalue weighted by atomic mass is 16.2. The van der Waals surface area contributed by atoms with E-state index in [2.05, 4.69) is 21.2 Å². The van der Waals surface area contributed by atoms with Gasteiger partial charge in [-0.05, 0) is 36.1 Å². The van der Waals surface area contributed by atoms with Crippen LogP contribution in [0.4, 0.5) is 5.69 Å². The van der Waals surface area contributed by atoms with E-state index in [0.29, 0.717) is 12.3 Å². The van der Waals surface area contributed by atoms with Crippen molar-refractivity contribution in [2.45, 2.75) is 12.8 Å². The van der Waals surface area contributed by atoms with Gasteiger partial charge < -0.3 is 4.90 Å². The molecular formula is C18H17N5O. The Kier molecular flexibility index (Phi) is 3.78. The van der Waals surface area contributed by atoms with Crippen LogP contribution in [0.3, 0.4) is 0 Å². The van der Waals surface area contributed by atoms with Crippen molar-refractivity contribution < 1.29 is 4.79 Å². The molecule has 0 saturated carbocycles. The van der Waals surface area contributed by atoms with Gasteiger partial charge in [-0.15, -0.1) is 10.2 Å². The van der Waals surface area contributed by atoms with Crippen molar-refractivity contribution in [3.05, 3.63) is 66.9 Å². The van der Waals surface area contributed by atoms with Gasteiger partial charge in [0.25, 0.3) is 0 Å². The monoisotopic (exact) mass is 319 g/mol. The van der Waals surface area contributed by atoms with Crippen LogP contribution in [0, 0.1) is 5.92 Å². The van der Waals surface area contributed by atoms with Crippen molar-refractivity contribution >= 4 is 11.6 Å². The number of carbonyl (C=O) groups is 1. The molecule has 3 heterocycles. The zero-order valence-electron chi connectivity index (χ0n) is 13.1. The van der Waals surface area contributed by atoms with Crippen LogP contribution in [-0.4, -0.2) is 32.2 Å². The molecule has 6 heteroatoms. The van der Waals surface area contributed by atoms with Crippen LogP contribution in [0.5, 0.6) is 0 Å². The van der Waals surface area contributed by atoms with E-state index in [0.717, 1.165) is 30.0 Å². The molecule has 0 N–H and O–H groups in total. The van der Waals surface area contributed by atoms with E-state index in [-0.39, 0.29) is 5.91 Å². The number of pyridine rings is 1. The van der Waals surface area contributed by atoms with E-state index in [9.17, 15) is 4.79 Å². The predicted molar refractivity (Wildman–Crippen MR) is 89.8 cm³/mol. The van der Waals surface area contributed by atoms with Gasteiger partial charge in [0.05, 0.1) is 0 Å². The number of anilines is 1. The van der Waals surface area contributed by atoms with Gasteiger partial charge >= 0.3 is 0 Å². The summed E-state index contributed by atoms with van der Waals surface area (Å²) in [6.45, 7) is 0.760. The lowest BCUT2D eigenvalue weighted by atomic mass is 10.00. The van der Waals surface area contributed by atoms with E-state index in [4.69, 9.17) is 0 Å². The fraction of sp³-hybridized carbons (Fsp3) is 0.222. The normalized spacial score (nSPS) is 17.4. The summed E-state index contributed by atoms with van der Waals surface area (Å²) >= 11 is 0. The highest BCUT2D eigenvalue weighted by molar-refractivity contribution is 5.95. The highest BCUT2D eigenvalue weighted by Gasteiger charge is 2.30. The van der Waals surface area contributed by atoms with Crippen molar-refractivity contribution in [3.8, 4) is 5.82 Å². The van der Waals surface area contributed by atoms with Crippen LogP contribution in [0.2, 0.25) is 0 Å². The van der Waals surface area contributed by atoms with E-state index >= 15 is 0 Å². The fourth-order valence-electron chi connectivity index (χ4n) is 3.12. The fourth-order valence-corrected chi connectivity index (χ4v) is 3.12. The second-order valence-electron chi connectivity index (χ2n) is 6.01. The molecule has 1 saturated heterocycles. The van der Waals surface area contributed by atoms with Crippen LogP contribution < -0.4 is 4.90 Å². The number of hydrogen-bond acceptors (Lipinski definition) is 4. The zero-order chi connectivity index (χ0) is 16.4. The number of benzene rings is 1. The largest absolute Gasteiger partial charge is 0.312 e. The molecule has 3 aromatic rings. The minimum atomic E-state index is 0.195. The van der Waals surface area contributed by atoms with Gasteiger partial charge in [-0.25, -0.2) is 4.98 Å². The van der Waals surface area contributed by atoms with E-state index in [1.165, 1.54) is 0 Å². The van der Waals surface area contributed by atoms with Crippen molar-refractivity contribution in [2.24, 2.45) is 5.92 Å². The summed E-state index contributed by atoms with van der Waals surface area (Å²) < 4.78 is 1.76. The Labute approximate surface area is 139 Å². The maximum Gasteiger partial charge on any atom is 0.227 e. The molecular weight excluding hydrogens is 302 g/mol. The third-order valence-electron chi connectivity index (χ3n) is 4.29. The molecule has 0 unspecified atom stereocenters. The molecule has 1 atom stereocenters. The summed E-state index contributed by atoms with van der Waals surface area (Å²) in [5, 5.41) is 7.56. The molecule has 1 amide bonds. The number of nitrogens with zero attached hydrogens (tertiary/aromatic N) is 5. The summed E-state index contributed by atoms with van der Waals surface area (Å²) in [6, 6.07) is 13.9. The van der Waals surface area contributed by atoms with Gasteiger partial charge in [0.2, 0.25) is 5.91 Å². The minimum Gasteiger partial charge on any atom is -0.312 e. The van der Waals surface area contributed by atoms with Gasteiger partial charge in [-0.3, -0.25) is 9.36 Å². The second kappa shape index (κ2) is 6.23. The number of carbonyl (C=O) groups excluding carboxylic acids is 1. The molecule has 4 rings (SSSR count). The molecule has 1 aromatic carbocycles. The molecule has 2 aromatic heterocycles. The minimum absolute atomic E-state index is 0.195. The number of hydrogen-bond donors (Lipinski definition) is 0. The standard InChI is InChI=1S/C18H17N5O/c24-18-9-15(11-23(18)16-4-2-1-3-5-16)8-14-6-7-17(19-10-14)22-12-20-21-13-22/h1-7,10,12-13,15H,8-9,11H2/t15-/m0/s1. The van der Waals surface area contributed by atoms with Crippen molar-refractivity contribution in [1.29, 1.82) is 0 Å². The Morgan fingerprint density at radius 3 is 2.54 bits per heavy atom. The van der Waals surface area contributed by atoms with E-state index < -0.39 is 0 Å². The summed E-state index contributed by atoms with van der Waals surface area (Å²) in [5.41, 5.74) is 2.12. The lowest BCUT2D eigenvalue weighted by molar-refractivity contribution is -0.117. The van der Waals surface area contributed by atoms with Crippen LogP contribution in [0.1, 0.15) is 12.0 Å². The van der Waals surface area contributed by atoms with Gasteiger partial charge in [0.15, 0.2) is 0 Å². The van der Waals surface area contributed by atoms with Crippen LogP contribution in [0.25, 0.3) is 5.82 Å². The molecule has 0 radical (unpaired) electrons. The molecule has 1 aliphatic heterocycles. The lowest BCUT2D eigenvalue weighted by Crippen LogP contribution is -2.24. The number of rotatable bonds is 4. The third-order valence-corrected chi connectivity index (χ3v) is 4.29. The van der Waals surface area contributed by atoms with E-state index in [1.807, 2.05) is 47.5 Å². The Morgan fingerprint density at radius 1 is 1.04 bits per heavy atom. The Morgan fingerprint density at radius 2 is 1.83 bits per heavy atom. The van der Waals surface area contributed by atoms with Gasteiger partial charge in [-0.2, -0.15) is 0 Å². The molecule has 1 aliphatic rings. The molecule has 0 bridgehead atoms. The number of para-hydroxylation sites is 1. The number of aromatic nitrogens is 4. The zero-order valence-corrected chi connectivity index (χ0v) is 13.1. The van der Waals surface area contributed by atoms with Crippen molar-refractivity contribution in [3.63, 3.8) is 0 Å². The average molecular weight is 319 g/mol. The maximum atomic E-state index is 12.3. The molecule has 0 aliphatic carbocycles. The summed E-state index contributed by atoms with van der Waals surface area (Å²) in [4.78, 5) is 18.6. The Bertz CT molecular complexity index is 814. The first-order valence-corrected chi connectivity index (χ1v) is 7.95. The summed E-state index contributed by atoms with van der Waals surface area (Å²) in [5.74, 6) is 1.30. The lowest BCUT2D eigenvalue weighted by Gasteiger charge is -2.16. The molecule has 24 heavy (non-hydrogen) atoms. The molecule has 0 spiro atoms. The molecule has 120 valence electrons. The van der Waals surface area contributed by atoms with Crippen molar-refractivity contribution in [2.75, 3.05) is 11.4 Å². The first kappa shape index (κ1) is 14.6. The van der Waals surface area contributed by atoms with E-state index in [1.54, 1.807) is 17.2 Å². The first-order chi connectivity index (χ1) is 11.8. The second-order valence-corrected chi connectivity index (χ2v) is 6.01. The summed E-state index contributed by atoms with van der Waals surface area (Å²) in [7, 11) is 0. The first-order valence-electron chi connectivity index (χ1n) is 7.95. The average Bonchev–Trinajstić information content (AvgIpc) is 3.26. The van der Waals surface area contributed by atoms with Gasteiger partial charge in [-0.1, -0.05) is 24.3 Å². The molecule has 1 fully saturated rings. The topological polar surface area (TPSA) is 63.9 Å². The number of amides is 1. The van der Waals surface area contributed by atoms with Crippen LogP contribution in [-0.2, 0) is 11.2 Å². The van der Waals surface area contributed by atoms with Crippen LogP contribution >= 0.6 is 0 Å². The third kappa shape index (κ3) is 2.90. The van der Waals surface area contributed by atoms with Gasteiger partial charge in [0.1, 0.15) is 18.5 Å². The van der Waals surface area contributed by atoms with Crippen molar-refractivity contribution in [1.82, 2.24) is 19.7 Å². The maximum absolute atomic E-state index is 12.3.